The Morgan fingerprint density at radius 1 is 1.37 bits per heavy atom. The Labute approximate surface area is 156 Å². The van der Waals surface area contributed by atoms with E-state index in [2.05, 4.69) is 20.1 Å². The van der Waals surface area contributed by atoms with E-state index in [9.17, 15) is 13.2 Å². The Morgan fingerprint density at radius 3 is 2.81 bits per heavy atom. The van der Waals surface area contributed by atoms with Crippen LogP contribution in [0.2, 0.25) is 0 Å². The van der Waals surface area contributed by atoms with Crippen molar-refractivity contribution in [1.29, 1.82) is 0 Å². The molecule has 0 saturated carbocycles. The number of carbonyl (C=O) groups is 1. The Balaban J connectivity index is 1.68. The highest BCUT2D eigenvalue weighted by atomic mass is 32.2. The summed E-state index contributed by atoms with van der Waals surface area (Å²) in [5, 5.41) is 3.87. The van der Waals surface area contributed by atoms with Crippen LogP contribution in [0.3, 0.4) is 0 Å². The number of aryl methyl sites for hydroxylation is 1. The fraction of sp³-hybridized carbons (Fsp3) is 0.562. The van der Waals surface area contributed by atoms with Gasteiger partial charge in [-0.05, 0) is 19.9 Å². The number of rotatable bonds is 4. The first-order chi connectivity index (χ1) is 12.9. The van der Waals surface area contributed by atoms with Crippen LogP contribution in [-0.2, 0) is 15.4 Å². The maximum atomic E-state index is 12.8. The van der Waals surface area contributed by atoms with Crippen LogP contribution >= 0.6 is 0 Å². The van der Waals surface area contributed by atoms with Gasteiger partial charge in [-0.3, -0.25) is 4.79 Å². The molecule has 0 aromatic carbocycles. The molecule has 2 aliphatic rings. The molecule has 2 aromatic heterocycles. The van der Waals surface area contributed by atoms with Crippen LogP contribution in [0.25, 0.3) is 0 Å². The molecule has 11 heteroatoms. The van der Waals surface area contributed by atoms with Crippen LogP contribution in [0.5, 0.6) is 0 Å². The summed E-state index contributed by atoms with van der Waals surface area (Å²) < 4.78 is 31.7. The van der Waals surface area contributed by atoms with Gasteiger partial charge in [0.15, 0.2) is 5.82 Å². The summed E-state index contributed by atoms with van der Waals surface area (Å²) in [7, 11) is -3.35. The SMILES string of the molecule is CCS(=O)(=O)N1C[C@@H]2CN(C(=O)c3ccncn3)C[C@]2(c2nc(C)no2)C1. The number of hydrogen-bond donors (Lipinski definition) is 0. The normalized spacial score (nSPS) is 25.7. The maximum Gasteiger partial charge on any atom is 0.272 e. The number of likely N-dealkylation sites (tertiary alicyclic amines) is 1. The first kappa shape index (κ1) is 18.0. The third-order valence-electron chi connectivity index (χ3n) is 5.38. The summed E-state index contributed by atoms with van der Waals surface area (Å²) in [5.41, 5.74) is -0.397. The Hall–Kier alpha value is -2.40. The standard InChI is InChI=1S/C16H20N6O4S/c1-3-27(24,25)22-7-12-6-21(14(23)13-4-5-17-10-18-13)8-16(12,9-22)15-19-11(2)20-26-15/h4-5,10,12H,3,6-9H2,1-2H3/t12-,16-/m0/s1. The molecule has 4 rings (SSSR count). The van der Waals surface area contributed by atoms with E-state index in [1.807, 2.05) is 0 Å². The molecule has 2 fully saturated rings. The van der Waals surface area contributed by atoms with Gasteiger partial charge in [0.2, 0.25) is 15.9 Å². The van der Waals surface area contributed by atoms with E-state index in [0.717, 1.165) is 0 Å². The zero-order valence-electron chi connectivity index (χ0n) is 15.1. The van der Waals surface area contributed by atoms with Crippen molar-refractivity contribution in [3.63, 3.8) is 0 Å². The molecular weight excluding hydrogens is 372 g/mol. The highest BCUT2D eigenvalue weighted by Crippen LogP contribution is 2.45. The Bertz CT molecular complexity index is 962. The van der Waals surface area contributed by atoms with Gasteiger partial charge in [0.25, 0.3) is 5.91 Å². The summed E-state index contributed by atoms with van der Waals surface area (Å²) >= 11 is 0. The fourth-order valence-electron chi connectivity index (χ4n) is 3.95. The molecule has 0 N–H and O–H groups in total. The topological polar surface area (TPSA) is 122 Å². The van der Waals surface area contributed by atoms with Crippen LogP contribution in [0.4, 0.5) is 0 Å². The van der Waals surface area contributed by atoms with Crippen molar-refractivity contribution >= 4 is 15.9 Å². The minimum absolute atomic E-state index is 0.0300. The van der Waals surface area contributed by atoms with Crippen LogP contribution in [0.1, 0.15) is 29.1 Å². The van der Waals surface area contributed by atoms with Gasteiger partial charge in [-0.15, -0.1) is 0 Å². The Morgan fingerprint density at radius 2 is 2.19 bits per heavy atom. The van der Waals surface area contributed by atoms with E-state index in [4.69, 9.17) is 4.52 Å². The van der Waals surface area contributed by atoms with Crippen molar-refractivity contribution in [2.24, 2.45) is 5.92 Å². The van der Waals surface area contributed by atoms with Gasteiger partial charge >= 0.3 is 0 Å². The molecule has 2 aromatic rings. The van der Waals surface area contributed by atoms with E-state index >= 15 is 0 Å². The smallest absolute Gasteiger partial charge is 0.272 e. The predicted molar refractivity (Wildman–Crippen MR) is 93.2 cm³/mol. The number of hydrogen-bond acceptors (Lipinski definition) is 8. The highest BCUT2D eigenvalue weighted by molar-refractivity contribution is 7.89. The van der Waals surface area contributed by atoms with Gasteiger partial charge in [0.1, 0.15) is 12.0 Å². The number of amides is 1. The van der Waals surface area contributed by atoms with Gasteiger partial charge in [0.05, 0.1) is 11.2 Å². The number of sulfonamides is 1. The highest BCUT2D eigenvalue weighted by Gasteiger charge is 2.59. The molecule has 0 unspecified atom stereocenters. The molecule has 2 aliphatic heterocycles. The number of aromatic nitrogens is 4. The first-order valence-corrected chi connectivity index (χ1v) is 10.3. The van der Waals surface area contributed by atoms with Crippen molar-refractivity contribution < 1.29 is 17.7 Å². The molecule has 1 amide bonds. The van der Waals surface area contributed by atoms with Crippen LogP contribution in [0, 0.1) is 12.8 Å². The first-order valence-electron chi connectivity index (χ1n) is 8.69. The lowest BCUT2D eigenvalue weighted by molar-refractivity contribution is 0.0767. The Kier molecular flexibility index (Phi) is 4.22. The number of nitrogens with zero attached hydrogens (tertiary/aromatic N) is 6. The van der Waals surface area contributed by atoms with Gasteiger partial charge in [-0.1, -0.05) is 5.16 Å². The van der Waals surface area contributed by atoms with E-state index in [0.29, 0.717) is 37.0 Å². The minimum Gasteiger partial charge on any atom is -0.339 e. The third-order valence-corrected chi connectivity index (χ3v) is 7.17. The number of fused-ring (bicyclic) bond motifs is 1. The van der Waals surface area contributed by atoms with Crippen molar-refractivity contribution in [3.05, 3.63) is 36.0 Å². The van der Waals surface area contributed by atoms with Crippen molar-refractivity contribution in [2.45, 2.75) is 19.3 Å². The predicted octanol–water partition coefficient (Wildman–Crippen LogP) is -0.157. The second kappa shape index (κ2) is 6.34. The number of carbonyl (C=O) groups excluding carboxylic acids is 1. The molecule has 0 spiro atoms. The third kappa shape index (κ3) is 2.90. The van der Waals surface area contributed by atoms with E-state index in [-0.39, 0.29) is 24.1 Å². The molecule has 2 atom stereocenters. The lowest BCUT2D eigenvalue weighted by Gasteiger charge is -2.25. The molecular formula is C16H20N6O4S. The minimum atomic E-state index is -3.35. The lowest BCUT2D eigenvalue weighted by Crippen LogP contribution is -2.41. The zero-order valence-corrected chi connectivity index (χ0v) is 15.9. The molecule has 10 nitrogen and oxygen atoms in total. The van der Waals surface area contributed by atoms with Crippen molar-refractivity contribution in [2.75, 3.05) is 31.9 Å². The monoisotopic (exact) mass is 392 g/mol. The quantitative estimate of drug-likeness (QED) is 0.704. The largest absolute Gasteiger partial charge is 0.339 e. The van der Waals surface area contributed by atoms with E-state index < -0.39 is 15.4 Å². The van der Waals surface area contributed by atoms with E-state index in [1.165, 1.54) is 16.8 Å². The molecule has 0 radical (unpaired) electrons. The second-order valence-electron chi connectivity index (χ2n) is 6.97. The molecule has 4 heterocycles. The molecule has 27 heavy (non-hydrogen) atoms. The van der Waals surface area contributed by atoms with Crippen LogP contribution in [0.15, 0.2) is 23.1 Å². The average Bonchev–Trinajstić information content (AvgIpc) is 3.34. The second-order valence-corrected chi connectivity index (χ2v) is 9.23. The summed E-state index contributed by atoms with van der Waals surface area (Å²) in [4.78, 5) is 26.7. The molecule has 2 saturated heterocycles. The maximum absolute atomic E-state index is 12.8. The van der Waals surface area contributed by atoms with Gasteiger partial charge in [0, 0.05) is 38.3 Å². The average molecular weight is 392 g/mol. The summed E-state index contributed by atoms with van der Waals surface area (Å²) in [6, 6.07) is 1.56. The van der Waals surface area contributed by atoms with Crippen molar-refractivity contribution in [3.8, 4) is 0 Å². The van der Waals surface area contributed by atoms with Crippen molar-refractivity contribution in [1.82, 2.24) is 29.3 Å². The summed E-state index contributed by atoms with van der Waals surface area (Å²) in [6.07, 6.45) is 2.85. The zero-order chi connectivity index (χ0) is 19.2. The van der Waals surface area contributed by atoms with Crippen LogP contribution in [-0.4, -0.2) is 75.6 Å². The summed E-state index contributed by atoms with van der Waals surface area (Å²) in [5.74, 6) is 0.562. The van der Waals surface area contributed by atoms with Gasteiger partial charge < -0.3 is 9.42 Å². The van der Waals surface area contributed by atoms with Crippen LogP contribution < -0.4 is 0 Å². The van der Waals surface area contributed by atoms with E-state index in [1.54, 1.807) is 24.8 Å². The molecule has 0 bridgehead atoms. The molecule has 144 valence electrons. The molecule has 0 aliphatic carbocycles. The lowest BCUT2D eigenvalue weighted by atomic mass is 9.81. The summed E-state index contributed by atoms with van der Waals surface area (Å²) in [6.45, 7) is 4.59. The van der Waals surface area contributed by atoms with Gasteiger partial charge in [-0.2, -0.15) is 4.98 Å². The fourth-order valence-corrected chi connectivity index (χ4v) is 5.15. The van der Waals surface area contributed by atoms with Gasteiger partial charge in [-0.25, -0.2) is 22.7 Å².